The molecule has 0 aromatic heterocycles. The highest BCUT2D eigenvalue weighted by atomic mass is 16.6. The van der Waals surface area contributed by atoms with Gasteiger partial charge in [0.25, 0.3) is 5.69 Å². The molecule has 7 nitrogen and oxygen atoms in total. The number of ether oxygens (including phenoxy) is 2. The molecule has 1 N–H and O–H groups in total. The zero-order valence-corrected chi connectivity index (χ0v) is 16.1. The van der Waals surface area contributed by atoms with Crippen LogP contribution in [0.1, 0.15) is 30.0 Å². The molecule has 0 spiro atoms. The number of nitrogens with zero attached hydrogens (tertiary/aromatic N) is 2. The highest BCUT2D eigenvalue weighted by Gasteiger charge is 2.20. The molecular formula is C21H23N3O4. The van der Waals surface area contributed by atoms with Gasteiger partial charge in [0.15, 0.2) is 11.5 Å². The molecule has 1 atom stereocenters. The van der Waals surface area contributed by atoms with E-state index >= 15 is 0 Å². The maximum absolute atomic E-state index is 10.8. The predicted molar refractivity (Wildman–Crippen MR) is 109 cm³/mol. The van der Waals surface area contributed by atoms with Gasteiger partial charge in [-0.15, -0.1) is 0 Å². The van der Waals surface area contributed by atoms with Crippen LogP contribution in [-0.2, 0) is 6.42 Å². The minimum absolute atomic E-state index is 0.0681. The number of hydrogen-bond donors (Lipinski definition) is 1. The van der Waals surface area contributed by atoms with Crippen LogP contribution in [0.2, 0.25) is 0 Å². The number of nitrogens with one attached hydrogen (secondary N) is 1. The van der Waals surface area contributed by atoms with Crippen LogP contribution in [0.25, 0.3) is 6.08 Å². The van der Waals surface area contributed by atoms with Gasteiger partial charge in [0.2, 0.25) is 0 Å². The third-order valence-electron chi connectivity index (χ3n) is 4.75. The molecule has 1 aliphatic rings. The van der Waals surface area contributed by atoms with E-state index in [0.29, 0.717) is 11.5 Å². The Morgan fingerprint density at radius 3 is 2.46 bits per heavy atom. The van der Waals surface area contributed by atoms with Crippen LogP contribution in [0.15, 0.2) is 47.6 Å². The van der Waals surface area contributed by atoms with Crippen LogP contribution in [0.4, 0.5) is 5.69 Å². The van der Waals surface area contributed by atoms with Crippen molar-refractivity contribution in [3.63, 3.8) is 0 Å². The quantitative estimate of drug-likeness (QED) is 0.605. The molecule has 28 heavy (non-hydrogen) atoms. The van der Waals surface area contributed by atoms with Crippen molar-refractivity contribution in [3.8, 4) is 11.5 Å². The van der Waals surface area contributed by atoms with Gasteiger partial charge in [0.05, 0.1) is 24.9 Å². The fourth-order valence-corrected chi connectivity index (χ4v) is 3.11. The lowest BCUT2D eigenvalue weighted by Crippen LogP contribution is -2.24. The molecule has 0 fully saturated rings. The van der Waals surface area contributed by atoms with Crippen molar-refractivity contribution in [2.75, 3.05) is 14.2 Å². The van der Waals surface area contributed by atoms with Gasteiger partial charge in [0.1, 0.15) is 0 Å². The SMILES string of the molecule is CCC1Cc2cc(OC)c(OC)cc2C(C=Cc2ccc([N+](=O)[O-])cc2)=NN1. The first-order chi connectivity index (χ1) is 13.5. The van der Waals surface area contributed by atoms with Crippen LogP contribution in [-0.4, -0.2) is 30.9 Å². The number of rotatable bonds is 6. The molecule has 1 heterocycles. The van der Waals surface area contributed by atoms with E-state index < -0.39 is 4.92 Å². The Balaban J connectivity index is 1.98. The summed E-state index contributed by atoms with van der Waals surface area (Å²) in [6, 6.07) is 10.6. The van der Waals surface area contributed by atoms with Crippen molar-refractivity contribution < 1.29 is 14.4 Å². The minimum Gasteiger partial charge on any atom is -0.493 e. The van der Waals surface area contributed by atoms with Crippen LogP contribution in [0.5, 0.6) is 11.5 Å². The molecule has 146 valence electrons. The molecule has 0 radical (unpaired) electrons. The van der Waals surface area contributed by atoms with Crippen molar-refractivity contribution in [2.45, 2.75) is 25.8 Å². The summed E-state index contributed by atoms with van der Waals surface area (Å²) in [5, 5.41) is 15.4. The van der Waals surface area contributed by atoms with E-state index in [1.165, 1.54) is 12.1 Å². The Bertz CT molecular complexity index is 920. The lowest BCUT2D eigenvalue weighted by Gasteiger charge is -2.15. The van der Waals surface area contributed by atoms with Crippen molar-refractivity contribution in [2.24, 2.45) is 5.10 Å². The van der Waals surface area contributed by atoms with E-state index in [-0.39, 0.29) is 11.7 Å². The molecule has 0 aliphatic carbocycles. The number of nitro benzene ring substituents is 1. The van der Waals surface area contributed by atoms with Gasteiger partial charge in [-0.1, -0.05) is 13.0 Å². The summed E-state index contributed by atoms with van der Waals surface area (Å²) in [6.45, 7) is 2.12. The van der Waals surface area contributed by atoms with Gasteiger partial charge < -0.3 is 14.9 Å². The number of methoxy groups -OCH3 is 2. The fraction of sp³-hybridized carbons (Fsp3) is 0.286. The summed E-state index contributed by atoms with van der Waals surface area (Å²) in [7, 11) is 3.23. The van der Waals surface area contributed by atoms with Crippen LogP contribution in [0.3, 0.4) is 0 Å². The van der Waals surface area contributed by atoms with Crippen molar-refractivity contribution >= 4 is 17.5 Å². The first-order valence-corrected chi connectivity index (χ1v) is 9.06. The fourth-order valence-electron chi connectivity index (χ4n) is 3.11. The number of benzene rings is 2. The number of fused-ring (bicyclic) bond motifs is 1. The average Bonchev–Trinajstić information content (AvgIpc) is 2.89. The second-order valence-electron chi connectivity index (χ2n) is 6.48. The summed E-state index contributed by atoms with van der Waals surface area (Å²) in [6.07, 6.45) is 5.55. The lowest BCUT2D eigenvalue weighted by molar-refractivity contribution is -0.384. The first-order valence-electron chi connectivity index (χ1n) is 9.06. The first kappa shape index (κ1) is 19.4. The third-order valence-corrected chi connectivity index (χ3v) is 4.75. The maximum Gasteiger partial charge on any atom is 0.269 e. The van der Waals surface area contributed by atoms with Crippen molar-refractivity contribution in [1.29, 1.82) is 0 Å². The summed E-state index contributed by atoms with van der Waals surface area (Å²) >= 11 is 0. The Kier molecular flexibility index (Phi) is 5.93. The van der Waals surface area contributed by atoms with Crippen molar-refractivity contribution in [1.82, 2.24) is 5.43 Å². The smallest absolute Gasteiger partial charge is 0.269 e. The second-order valence-corrected chi connectivity index (χ2v) is 6.48. The molecule has 1 unspecified atom stereocenters. The maximum atomic E-state index is 10.8. The van der Waals surface area contributed by atoms with E-state index in [4.69, 9.17) is 9.47 Å². The molecule has 2 aromatic rings. The van der Waals surface area contributed by atoms with E-state index in [0.717, 1.165) is 35.2 Å². The number of non-ortho nitro benzene ring substituents is 1. The third kappa shape index (κ3) is 4.14. The molecule has 0 amide bonds. The highest BCUT2D eigenvalue weighted by Crippen LogP contribution is 2.33. The second kappa shape index (κ2) is 8.56. The number of hydrazone groups is 1. The molecule has 1 aliphatic heterocycles. The normalized spacial score (nSPS) is 16.0. The molecule has 0 saturated carbocycles. The standard InChI is InChI=1S/C21H23N3O4/c1-4-16-11-15-12-20(27-2)21(28-3)13-18(15)19(23-22-16)10-7-14-5-8-17(9-6-14)24(25)26/h5-10,12-13,16,22H,4,11H2,1-3H3. The largest absolute Gasteiger partial charge is 0.493 e. The Labute approximate surface area is 163 Å². The summed E-state index contributed by atoms with van der Waals surface area (Å²) in [4.78, 5) is 10.4. The van der Waals surface area contributed by atoms with E-state index in [9.17, 15) is 10.1 Å². The molecule has 0 saturated heterocycles. The summed E-state index contributed by atoms with van der Waals surface area (Å²) in [5.74, 6) is 1.34. The average molecular weight is 381 g/mol. The Morgan fingerprint density at radius 1 is 1.18 bits per heavy atom. The van der Waals surface area contributed by atoms with Crippen LogP contribution in [0, 0.1) is 10.1 Å². The van der Waals surface area contributed by atoms with Crippen LogP contribution < -0.4 is 14.9 Å². The van der Waals surface area contributed by atoms with E-state index in [1.54, 1.807) is 26.4 Å². The summed E-state index contributed by atoms with van der Waals surface area (Å²) < 4.78 is 10.9. The molecular weight excluding hydrogens is 358 g/mol. The molecule has 2 aromatic carbocycles. The van der Waals surface area contributed by atoms with Gasteiger partial charge in [-0.25, -0.2) is 0 Å². The van der Waals surface area contributed by atoms with Crippen LogP contribution >= 0.6 is 0 Å². The van der Waals surface area contributed by atoms with Gasteiger partial charge >= 0.3 is 0 Å². The zero-order valence-electron chi connectivity index (χ0n) is 16.1. The monoisotopic (exact) mass is 381 g/mol. The zero-order chi connectivity index (χ0) is 20.1. The Hall–Kier alpha value is -3.35. The van der Waals surface area contributed by atoms with Gasteiger partial charge in [-0.3, -0.25) is 10.1 Å². The molecule has 0 bridgehead atoms. The number of hydrogen-bond acceptors (Lipinski definition) is 6. The minimum atomic E-state index is -0.409. The summed E-state index contributed by atoms with van der Waals surface area (Å²) in [5.41, 5.74) is 7.02. The van der Waals surface area contributed by atoms with Gasteiger partial charge in [0, 0.05) is 23.7 Å². The Morgan fingerprint density at radius 2 is 1.86 bits per heavy atom. The lowest BCUT2D eigenvalue weighted by atomic mass is 9.95. The topological polar surface area (TPSA) is 86.0 Å². The van der Waals surface area contributed by atoms with E-state index in [2.05, 4.69) is 17.5 Å². The number of allylic oxidation sites excluding steroid dienone is 1. The molecule has 3 rings (SSSR count). The highest BCUT2D eigenvalue weighted by molar-refractivity contribution is 6.12. The predicted octanol–water partition coefficient (Wildman–Crippen LogP) is 3.95. The van der Waals surface area contributed by atoms with Gasteiger partial charge in [-0.05, 0) is 54.3 Å². The number of nitro groups is 1. The van der Waals surface area contributed by atoms with E-state index in [1.807, 2.05) is 24.3 Å². The molecule has 7 heteroatoms. The van der Waals surface area contributed by atoms with Gasteiger partial charge in [-0.2, -0.15) is 5.10 Å². The van der Waals surface area contributed by atoms with Crippen molar-refractivity contribution in [3.05, 3.63) is 69.3 Å².